The fourth-order valence-corrected chi connectivity index (χ4v) is 4.31. The Morgan fingerprint density at radius 1 is 1.05 bits per heavy atom. The molecule has 2 N–H and O–H groups in total. The third-order valence-corrected chi connectivity index (χ3v) is 5.90. The van der Waals surface area contributed by atoms with Crippen molar-refractivity contribution < 1.29 is 36.7 Å². The Balaban J connectivity index is 2.07. The third-order valence-electron chi connectivity index (χ3n) is 5.90. The van der Waals surface area contributed by atoms with E-state index >= 15 is 0 Å². The maximum absolute atomic E-state index is 13.5. The first kappa shape index (κ1) is 26.0. The lowest BCUT2D eigenvalue weighted by atomic mass is 9.81. The molecule has 4 rings (SSSR count). The molecule has 0 spiro atoms. The van der Waals surface area contributed by atoms with Crippen LogP contribution in [0.1, 0.15) is 17.0 Å². The molecule has 2 heterocycles. The van der Waals surface area contributed by atoms with Gasteiger partial charge in [0.2, 0.25) is 0 Å². The number of nitrogens with two attached hydrogens (primary N) is 1. The van der Waals surface area contributed by atoms with Crippen molar-refractivity contribution in [2.45, 2.75) is 12.1 Å². The smallest absolute Gasteiger partial charge is 0.417 e. The lowest BCUT2D eigenvalue weighted by molar-refractivity contribution is -0.139. The average Bonchev–Trinajstić information content (AvgIpc) is 2.90. The Kier molecular flexibility index (Phi) is 6.70. The number of allylic oxidation sites excluding steroid dienone is 1. The summed E-state index contributed by atoms with van der Waals surface area (Å²) >= 11 is 0. The van der Waals surface area contributed by atoms with E-state index < -0.39 is 51.9 Å². The molecule has 9 nitrogen and oxygen atoms in total. The maximum Gasteiger partial charge on any atom is 0.417 e. The monoisotopic (exact) mass is 525 g/mol. The van der Waals surface area contributed by atoms with E-state index in [4.69, 9.17) is 19.6 Å². The van der Waals surface area contributed by atoms with Crippen LogP contribution in [0.25, 0.3) is 11.0 Å². The highest BCUT2D eigenvalue weighted by molar-refractivity contribution is 6.06. The number of ether oxygens (including phenoxy) is 2. The van der Waals surface area contributed by atoms with Crippen molar-refractivity contribution >= 4 is 28.6 Å². The van der Waals surface area contributed by atoms with Crippen molar-refractivity contribution in [3.63, 3.8) is 0 Å². The highest BCUT2D eigenvalue weighted by atomic mass is 19.4. The van der Waals surface area contributed by atoms with Crippen molar-refractivity contribution in [3.05, 3.63) is 98.8 Å². The lowest BCUT2D eigenvalue weighted by Gasteiger charge is -2.35. The molecule has 0 saturated heterocycles. The van der Waals surface area contributed by atoms with Crippen LogP contribution < -0.4 is 16.3 Å². The second-order valence-corrected chi connectivity index (χ2v) is 7.99. The summed E-state index contributed by atoms with van der Waals surface area (Å²) in [5, 5.41) is 9.63. The van der Waals surface area contributed by atoms with Gasteiger partial charge in [-0.15, -0.1) is 0 Å². The molecule has 0 fully saturated rings. The van der Waals surface area contributed by atoms with E-state index in [9.17, 15) is 32.8 Å². The molecule has 1 atom stereocenters. The van der Waals surface area contributed by atoms with Gasteiger partial charge in [-0.25, -0.2) is 14.4 Å². The Labute approximate surface area is 212 Å². The van der Waals surface area contributed by atoms with E-state index in [0.29, 0.717) is 11.6 Å². The number of alkyl halides is 3. The van der Waals surface area contributed by atoms with Crippen LogP contribution in [0.2, 0.25) is 0 Å². The maximum atomic E-state index is 13.5. The highest BCUT2D eigenvalue weighted by Crippen LogP contribution is 2.44. The van der Waals surface area contributed by atoms with E-state index in [1.54, 1.807) is 30.3 Å². The van der Waals surface area contributed by atoms with Gasteiger partial charge in [-0.2, -0.15) is 18.4 Å². The molecule has 12 heteroatoms. The van der Waals surface area contributed by atoms with Gasteiger partial charge in [0, 0.05) is 17.5 Å². The number of methoxy groups -OCH3 is 2. The van der Waals surface area contributed by atoms with Crippen LogP contribution >= 0.6 is 0 Å². The normalized spacial score (nSPS) is 15.9. The molecule has 1 aliphatic rings. The van der Waals surface area contributed by atoms with E-state index in [1.165, 1.54) is 6.07 Å². The van der Waals surface area contributed by atoms with E-state index in [-0.39, 0.29) is 22.7 Å². The topological polar surface area (TPSA) is 136 Å². The third kappa shape index (κ3) is 4.34. The minimum atomic E-state index is -4.86. The second kappa shape index (κ2) is 9.78. The molecule has 0 saturated carbocycles. The molecular weight excluding hydrogens is 507 g/mol. The van der Waals surface area contributed by atoms with Gasteiger partial charge < -0.3 is 19.6 Å². The molecule has 194 valence electrons. The first-order valence-electron chi connectivity index (χ1n) is 10.8. The van der Waals surface area contributed by atoms with Gasteiger partial charge in [0.05, 0.1) is 48.6 Å². The number of esters is 2. The quantitative estimate of drug-likeness (QED) is 0.399. The van der Waals surface area contributed by atoms with E-state index in [0.717, 1.165) is 31.3 Å². The van der Waals surface area contributed by atoms with Gasteiger partial charge in [-0.3, -0.25) is 4.90 Å². The second-order valence-electron chi connectivity index (χ2n) is 7.99. The van der Waals surface area contributed by atoms with Crippen molar-refractivity contribution in [2.75, 3.05) is 19.1 Å². The standard InChI is InChI=1S/C26H18F3N3O6/c1-36-24(34)21-20(13-6-4-3-5-7-13)16(12-30)23(31)32(22(21)25(35)37-2)14-8-9-15-17(26(27,28)29)11-19(33)38-18(15)10-14/h3-11,20H,31H2,1-2H3. The summed E-state index contributed by atoms with van der Waals surface area (Å²) in [5.74, 6) is -3.45. The van der Waals surface area contributed by atoms with Gasteiger partial charge in [-0.1, -0.05) is 30.3 Å². The van der Waals surface area contributed by atoms with Gasteiger partial charge in [-0.05, 0) is 17.7 Å². The van der Waals surface area contributed by atoms with Crippen LogP contribution in [0.4, 0.5) is 18.9 Å². The summed E-state index contributed by atoms with van der Waals surface area (Å²) in [5.41, 5.74) is 2.90. The zero-order valence-electron chi connectivity index (χ0n) is 19.8. The number of nitriles is 1. The number of hydrogen-bond acceptors (Lipinski definition) is 9. The number of carbonyl (C=O) groups is 2. The van der Waals surface area contributed by atoms with Gasteiger partial charge in [0.25, 0.3) is 0 Å². The Bertz CT molecular complexity index is 1620. The van der Waals surface area contributed by atoms with Crippen LogP contribution in [0.5, 0.6) is 0 Å². The largest absolute Gasteiger partial charge is 0.466 e. The van der Waals surface area contributed by atoms with E-state index in [1.807, 2.05) is 6.07 Å². The van der Waals surface area contributed by atoms with Gasteiger partial charge >= 0.3 is 23.7 Å². The lowest BCUT2D eigenvalue weighted by Crippen LogP contribution is -2.40. The molecule has 0 radical (unpaired) electrons. The number of rotatable bonds is 4. The number of nitrogens with zero attached hydrogens (tertiary/aromatic N) is 2. The molecule has 1 unspecified atom stereocenters. The van der Waals surface area contributed by atoms with Crippen LogP contribution in [0.15, 0.2) is 86.5 Å². The summed E-state index contributed by atoms with van der Waals surface area (Å²) < 4.78 is 55.4. The van der Waals surface area contributed by atoms with Gasteiger partial charge in [0.15, 0.2) is 0 Å². The highest BCUT2D eigenvalue weighted by Gasteiger charge is 2.43. The summed E-state index contributed by atoms with van der Waals surface area (Å²) in [6.45, 7) is 0. The zero-order valence-corrected chi connectivity index (χ0v) is 19.8. The fourth-order valence-electron chi connectivity index (χ4n) is 4.31. The van der Waals surface area contributed by atoms with Crippen molar-refractivity contribution in [1.29, 1.82) is 5.26 Å². The number of hydrogen-bond donors (Lipinski definition) is 1. The first-order chi connectivity index (χ1) is 18.0. The van der Waals surface area contributed by atoms with Crippen molar-refractivity contribution in [1.82, 2.24) is 0 Å². The molecule has 1 aromatic heterocycles. The van der Waals surface area contributed by atoms with Crippen molar-refractivity contribution in [3.8, 4) is 6.07 Å². The molecular formula is C26H18F3N3O6. The van der Waals surface area contributed by atoms with Crippen molar-refractivity contribution in [2.24, 2.45) is 5.73 Å². The zero-order chi connectivity index (χ0) is 27.8. The van der Waals surface area contributed by atoms with E-state index in [2.05, 4.69) is 0 Å². The summed E-state index contributed by atoms with van der Waals surface area (Å²) in [6, 6.07) is 13.8. The molecule has 0 bridgehead atoms. The number of fused-ring (bicyclic) bond motifs is 1. The Morgan fingerprint density at radius 3 is 2.29 bits per heavy atom. The number of halogens is 3. The van der Waals surface area contributed by atoms with Crippen LogP contribution in [-0.4, -0.2) is 26.2 Å². The average molecular weight is 525 g/mol. The molecule has 3 aromatic rings. The van der Waals surface area contributed by atoms with Crippen LogP contribution in [-0.2, 0) is 25.2 Å². The summed E-state index contributed by atoms with van der Waals surface area (Å²) in [7, 11) is 2.13. The SMILES string of the molecule is COC(=O)C1=C(C(=O)OC)N(c2ccc3c(C(F)(F)F)cc(=O)oc3c2)C(N)=C(C#N)C1c1ccccc1. The predicted molar refractivity (Wildman–Crippen MR) is 127 cm³/mol. The van der Waals surface area contributed by atoms with Gasteiger partial charge in [0.1, 0.15) is 17.1 Å². The molecule has 2 aromatic carbocycles. The molecule has 38 heavy (non-hydrogen) atoms. The number of benzene rings is 2. The van der Waals surface area contributed by atoms with Crippen LogP contribution in [0, 0.1) is 11.3 Å². The minimum Gasteiger partial charge on any atom is -0.466 e. The first-order valence-corrected chi connectivity index (χ1v) is 10.8. The molecule has 1 aliphatic heterocycles. The number of carbonyl (C=O) groups excluding carboxylic acids is 2. The van der Waals surface area contributed by atoms with Crippen LogP contribution in [0.3, 0.4) is 0 Å². The predicted octanol–water partition coefficient (Wildman–Crippen LogP) is 3.71. The summed E-state index contributed by atoms with van der Waals surface area (Å²) in [6.07, 6.45) is -4.86. The molecule has 0 amide bonds. The summed E-state index contributed by atoms with van der Waals surface area (Å²) in [4.78, 5) is 39.0. The Hall–Kier alpha value is -5.05. The fraction of sp³-hybridized carbons (Fsp3) is 0.154. The minimum absolute atomic E-state index is 0.0847. The molecule has 0 aliphatic carbocycles. The number of anilines is 1. The Morgan fingerprint density at radius 2 is 1.71 bits per heavy atom.